The van der Waals surface area contributed by atoms with Gasteiger partial charge in [0.1, 0.15) is 17.5 Å². The van der Waals surface area contributed by atoms with Gasteiger partial charge in [-0.25, -0.2) is 9.97 Å². The van der Waals surface area contributed by atoms with E-state index in [2.05, 4.69) is 36.1 Å². The summed E-state index contributed by atoms with van der Waals surface area (Å²) in [4.78, 5) is 11.7. The summed E-state index contributed by atoms with van der Waals surface area (Å²) in [6.45, 7) is 5.41. The van der Waals surface area contributed by atoms with Crippen LogP contribution in [0.5, 0.6) is 0 Å². The molecule has 0 amide bonds. The van der Waals surface area contributed by atoms with Crippen molar-refractivity contribution in [1.29, 1.82) is 0 Å². The van der Waals surface area contributed by atoms with E-state index >= 15 is 0 Å². The minimum Gasteiger partial charge on any atom is -0.373 e. The van der Waals surface area contributed by atoms with E-state index in [1.807, 2.05) is 7.05 Å². The molecule has 0 spiro atoms. The number of anilines is 2. The molecule has 4 nitrogen and oxygen atoms in total. The average Bonchev–Trinajstić information content (AvgIpc) is 3.23. The molecule has 0 bridgehead atoms. The van der Waals surface area contributed by atoms with E-state index in [0.717, 1.165) is 29.6 Å². The van der Waals surface area contributed by atoms with Gasteiger partial charge in [0.05, 0.1) is 0 Å². The maximum absolute atomic E-state index is 4.80. The van der Waals surface area contributed by atoms with Crippen LogP contribution in [-0.4, -0.2) is 30.6 Å². The Morgan fingerprint density at radius 3 is 2.58 bits per heavy atom. The second-order valence-electron chi connectivity index (χ2n) is 5.53. The molecule has 4 heteroatoms. The number of rotatable bonds is 7. The number of hydrogen-bond acceptors (Lipinski definition) is 4. The van der Waals surface area contributed by atoms with E-state index in [-0.39, 0.29) is 0 Å². The van der Waals surface area contributed by atoms with E-state index in [0.29, 0.717) is 5.92 Å². The zero-order valence-electron chi connectivity index (χ0n) is 12.7. The van der Waals surface area contributed by atoms with Gasteiger partial charge in [0, 0.05) is 32.1 Å². The van der Waals surface area contributed by atoms with Gasteiger partial charge in [-0.05, 0) is 26.2 Å². The van der Waals surface area contributed by atoms with Crippen LogP contribution in [0.1, 0.15) is 56.3 Å². The van der Waals surface area contributed by atoms with Gasteiger partial charge in [-0.15, -0.1) is 0 Å². The Morgan fingerprint density at radius 2 is 2.00 bits per heavy atom. The molecular weight excluding hydrogens is 236 g/mol. The molecule has 106 valence electrons. The fourth-order valence-electron chi connectivity index (χ4n) is 2.37. The molecule has 1 saturated carbocycles. The second kappa shape index (κ2) is 6.22. The van der Waals surface area contributed by atoms with Crippen molar-refractivity contribution in [3.05, 3.63) is 11.4 Å². The fourth-order valence-corrected chi connectivity index (χ4v) is 2.37. The van der Waals surface area contributed by atoms with Crippen molar-refractivity contribution in [3.63, 3.8) is 0 Å². The summed E-state index contributed by atoms with van der Waals surface area (Å²) < 4.78 is 0. The van der Waals surface area contributed by atoms with Gasteiger partial charge in [-0.1, -0.05) is 19.8 Å². The highest BCUT2D eigenvalue weighted by atomic mass is 15.2. The molecule has 1 aliphatic rings. The van der Waals surface area contributed by atoms with Gasteiger partial charge in [-0.2, -0.15) is 0 Å². The van der Waals surface area contributed by atoms with Gasteiger partial charge in [-0.3, -0.25) is 0 Å². The first kappa shape index (κ1) is 14.1. The van der Waals surface area contributed by atoms with Crippen molar-refractivity contribution >= 4 is 11.6 Å². The molecule has 1 aromatic rings. The summed E-state index contributed by atoms with van der Waals surface area (Å²) in [5.74, 6) is 3.69. The lowest BCUT2D eigenvalue weighted by Gasteiger charge is -2.22. The van der Waals surface area contributed by atoms with Gasteiger partial charge in [0.15, 0.2) is 0 Å². The molecule has 1 aliphatic carbocycles. The number of hydrogen-bond donors (Lipinski definition) is 1. The largest absolute Gasteiger partial charge is 0.373 e. The van der Waals surface area contributed by atoms with Crippen LogP contribution in [0.4, 0.5) is 11.6 Å². The van der Waals surface area contributed by atoms with Crippen LogP contribution in [0.15, 0.2) is 0 Å². The molecule has 0 aliphatic heterocycles. The monoisotopic (exact) mass is 262 g/mol. The molecule has 0 unspecified atom stereocenters. The van der Waals surface area contributed by atoms with Crippen LogP contribution in [-0.2, 0) is 0 Å². The molecule has 0 atom stereocenters. The van der Waals surface area contributed by atoms with Crippen LogP contribution < -0.4 is 10.2 Å². The van der Waals surface area contributed by atoms with Gasteiger partial charge < -0.3 is 10.2 Å². The second-order valence-corrected chi connectivity index (χ2v) is 5.53. The Hall–Kier alpha value is -1.32. The lowest BCUT2D eigenvalue weighted by Crippen LogP contribution is -2.22. The molecular formula is C15H26N4. The Balaban J connectivity index is 2.19. The van der Waals surface area contributed by atoms with E-state index in [1.165, 1.54) is 32.1 Å². The smallest absolute Gasteiger partial charge is 0.137 e. The van der Waals surface area contributed by atoms with Crippen LogP contribution in [0.2, 0.25) is 0 Å². The lowest BCUT2D eigenvalue weighted by atomic mass is 10.2. The zero-order valence-corrected chi connectivity index (χ0v) is 12.7. The highest BCUT2D eigenvalue weighted by molar-refractivity contribution is 5.58. The highest BCUT2D eigenvalue weighted by Gasteiger charge is 2.28. The summed E-state index contributed by atoms with van der Waals surface area (Å²) in [7, 11) is 4.08. The number of nitrogens with one attached hydrogen (secondary N) is 1. The summed E-state index contributed by atoms with van der Waals surface area (Å²) >= 11 is 0. The first-order valence-corrected chi connectivity index (χ1v) is 7.44. The Kier molecular flexibility index (Phi) is 4.61. The third-order valence-corrected chi connectivity index (χ3v) is 3.78. The van der Waals surface area contributed by atoms with E-state index in [1.54, 1.807) is 0 Å². The van der Waals surface area contributed by atoms with Gasteiger partial charge in [0.25, 0.3) is 0 Å². The lowest BCUT2D eigenvalue weighted by molar-refractivity contribution is 0.698. The van der Waals surface area contributed by atoms with E-state index < -0.39 is 0 Å². The van der Waals surface area contributed by atoms with Crippen LogP contribution in [0.3, 0.4) is 0 Å². The third kappa shape index (κ3) is 3.37. The SMILES string of the molecule is CCCCCN(C)c1nc(C2CC2)nc(NC)c1C. The molecule has 0 radical (unpaired) electrons. The van der Waals surface area contributed by atoms with Crippen LogP contribution in [0, 0.1) is 6.92 Å². The third-order valence-electron chi connectivity index (χ3n) is 3.78. The van der Waals surface area contributed by atoms with Gasteiger partial charge in [0.2, 0.25) is 0 Å². The molecule has 1 N–H and O–H groups in total. The summed E-state index contributed by atoms with van der Waals surface area (Å²) in [5, 5.41) is 3.20. The maximum Gasteiger partial charge on any atom is 0.137 e. The quantitative estimate of drug-likeness (QED) is 0.765. The van der Waals surface area contributed by atoms with Crippen LogP contribution in [0.25, 0.3) is 0 Å². The minimum atomic E-state index is 0.593. The Labute approximate surface area is 116 Å². The average molecular weight is 262 g/mol. The van der Waals surface area contributed by atoms with Crippen molar-refractivity contribution in [1.82, 2.24) is 9.97 Å². The van der Waals surface area contributed by atoms with Crippen molar-refractivity contribution in [2.75, 3.05) is 30.9 Å². The molecule has 1 fully saturated rings. The van der Waals surface area contributed by atoms with Crippen molar-refractivity contribution in [2.45, 2.75) is 51.9 Å². The van der Waals surface area contributed by atoms with Crippen molar-refractivity contribution in [3.8, 4) is 0 Å². The first-order chi connectivity index (χ1) is 9.17. The number of unbranched alkanes of at least 4 members (excludes halogenated alkanes) is 2. The number of aromatic nitrogens is 2. The molecule has 1 aromatic heterocycles. The number of nitrogens with zero attached hydrogens (tertiary/aromatic N) is 3. The van der Waals surface area contributed by atoms with E-state index in [4.69, 9.17) is 4.98 Å². The highest BCUT2D eigenvalue weighted by Crippen LogP contribution is 2.39. The summed E-state index contributed by atoms with van der Waals surface area (Å²) in [6, 6.07) is 0. The Morgan fingerprint density at radius 1 is 1.26 bits per heavy atom. The van der Waals surface area contributed by atoms with Crippen molar-refractivity contribution in [2.24, 2.45) is 0 Å². The topological polar surface area (TPSA) is 41.1 Å². The first-order valence-electron chi connectivity index (χ1n) is 7.44. The summed E-state index contributed by atoms with van der Waals surface area (Å²) in [5.41, 5.74) is 1.16. The van der Waals surface area contributed by atoms with E-state index in [9.17, 15) is 0 Å². The van der Waals surface area contributed by atoms with Gasteiger partial charge >= 0.3 is 0 Å². The fraction of sp³-hybridized carbons (Fsp3) is 0.733. The molecule has 19 heavy (non-hydrogen) atoms. The summed E-state index contributed by atoms with van der Waals surface area (Å²) in [6.07, 6.45) is 6.25. The minimum absolute atomic E-state index is 0.593. The molecule has 1 heterocycles. The predicted octanol–water partition coefficient (Wildman–Crippen LogP) is 3.33. The molecule has 0 aromatic carbocycles. The predicted molar refractivity (Wildman–Crippen MR) is 81.1 cm³/mol. The standard InChI is InChI=1S/C15H26N4/c1-5-6-7-10-19(4)15-11(2)13(16-3)17-14(18-15)12-8-9-12/h12H,5-10H2,1-4H3,(H,16,17,18). The maximum atomic E-state index is 4.80. The van der Waals surface area contributed by atoms with Crippen molar-refractivity contribution < 1.29 is 0 Å². The Bertz CT molecular complexity index is 426. The molecule has 0 saturated heterocycles. The van der Waals surface area contributed by atoms with Crippen LogP contribution >= 0.6 is 0 Å². The zero-order chi connectivity index (χ0) is 13.8. The normalized spacial score (nSPS) is 14.5. The molecule has 2 rings (SSSR count).